The molecule has 1 aliphatic carbocycles. The maximum absolute atomic E-state index is 5.55. The fraction of sp³-hybridized carbons (Fsp3) is 0.714. The molecule has 0 unspecified atom stereocenters. The third-order valence-corrected chi connectivity index (χ3v) is 1.50. The van der Waals surface area contributed by atoms with Crippen LogP contribution in [0.1, 0.15) is 32.1 Å². The van der Waals surface area contributed by atoms with Gasteiger partial charge in [-0.3, -0.25) is 5.57 Å². The Morgan fingerprint density at radius 1 is 1.11 bits per heavy atom. The summed E-state index contributed by atoms with van der Waals surface area (Å²) in [5, 5.41) is 0. The van der Waals surface area contributed by atoms with E-state index >= 15 is 0 Å². The van der Waals surface area contributed by atoms with Gasteiger partial charge in [-0.15, -0.1) is 0 Å². The van der Waals surface area contributed by atoms with Gasteiger partial charge < -0.3 is 6.58 Å². The summed E-state index contributed by atoms with van der Waals surface area (Å²) >= 11 is 4.25. The van der Waals surface area contributed by atoms with Gasteiger partial charge in [-0.05, 0) is 0 Å². The van der Waals surface area contributed by atoms with Gasteiger partial charge in [0.1, 0.15) is 0 Å². The molecular weight excluding hydrogens is 229 g/mol. The summed E-state index contributed by atoms with van der Waals surface area (Å²) < 4.78 is 0. The van der Waals surface area contributed by atoms with Crippen LogP contribution in [0.25, 0.3) is 0 Å². The van der Waals surface area contributed by atoms with Crippen LogP contribution in [-0.4, -0.2) is 0 Å². The van der Waals surface area contributed by atoms with E-state index in [1.54, 1.807) is 0 Å². The molecule has 0 heterocycles. The Labute approximate surface area is 74.1 Å². The number of allylic oxidation sites excluding steroid dienone is 1. The minimum absolute atomic E-state index is 1.18. The van der Waals surface area contributed by atoms with Crippen LogP contribution in [0.2, 0.25) is 0 Å². The summed E-state index contributed by atoms with van der Waals surface area (Å²) in [5.41, 5.74) is 1.21. The fourth-order valence-corrected chi connectivity index (χ4v) is 1.01. The van der Waals surface area contributed by atoms with Crippen molar-refractivity contribution in [3.8, 4) is 0 Å². The molecule has 48 valence electrons. The van der Waals surface area contributed by atoms with Crippen LogP contribution in [-0.2, 0) is 16.3 Å². The molecule has 1 fully saturated rings. The molecule has 9 heavy (non-hydrogen) atoms. The average Bonchev–Trinajstić information content (AvgIpc) is 1.94. The first-order chi connectivity index (χ1) is 4.39. The van der Waals surface area contributed by atoms with Crippen LogP contribution < -0.4 is 0 Å². The van der Waals surface area contributed by atoms with E-state index in [2.05, 4.69) is 13.6 Å². The Balaban J connectivity index is 0.000000291. The standard InChI is InChI=1S/C7H11.BrH.Zn/c1-7-5-3-2-4-6-7;;/h1H,2-6H2;1H;/q-1;;+2/p-1. The van der Waals surface area contributed by atoms with Gasteiger partial charge >= 0.3 is 30.0 Å². The quantitative estimate of drug-likeness (QED) is 0.451. The SMILES string of the molecule is [CH-]=C1CCCCC1.[Zn+][Br]. The molecule has 0 aromatic rings. The van der Waals surface area contributed by atoms with Gasteiger partial charge in [-0.2, -0.15) is 0 Å². The van der Waals surface area contributed by atoms with Crippen molar-refractivity contribution in [3.63, 3.8) is 0 Å². The molecule has 0 bridgehead atoms. The number of rotatable bonds is 0. The van der Waals surface area contributed by atoms with Crippen molar-refractivity contribution in [3.05, 3.63) is 12.2 Å². The molecule has 0 spiro atoms. The molecule has 0 atom stereocenters. The van der Waals surface area contributed by atoms with Crippen molar-refractivity contribution in [1.82, 2.24) is 0 Å². The van der Waals surface area contributed by atoms with E-state index in [9.17, 15) is 0 Å². The molecule has 0 radical (unpaired) electrons. The third kappa shape index (κ3) is 5.30. The Hall–Kier alpha value is 0.843. The van der Waals surface area contributed by atoms with Gasteiger partial charge in [0.05, 0.1) is 0 Å². The predicted octanol–water partition coefficient (Wildman–Crippen LogP) is 3.15. The normalized spacial score (nSPS) is 18.3. The molecule has 0 N–H and O–H groups in total. The van der Waals surface area contributed by atoms with Crippen LogP contribution in [0.15, 0.2) is 5.57 Å². The Morgan fingerprint density at radius 3 is 1.78 bits per heavy atom. The second-order valence-corrected chi connectivity index (χ2v) is 2.22. The average molecular weight is 240 g/mol. The molecule has 1 saturated carbocycles. The molecule has 0 aliphatic heterocycles. The van der Waals surface area contributed by atoms with E-state index in [1.807, 2.05) is 0 Å². The first-order valence-corrected chi connectivity index (χ1v) is 10.2. The molecule has 0 nitrogen and oxygen atoms in total. The van der Waals surface area contributed by atoms with Crippen molar-refractivity contribution >= 4 is 13.6 Å². The van der Waals surface area contributed by atoms with Crippen LogP contribution in [0, 0.1) is 6.58 Å². The van der Waals surface area contributed by atoms with Crippen LogP contribution >= 0.6 is 13.6 Å². The van der Waals surface area contributed by atoms with Crippen molar-refractivity contribution in [1.29, 1.82) is 0 Å². The zero-order valence-corrected chi connectivity index (χ0v) is 10.3. The summed E-state index contributed by atoms with van der Waals surface area (Å²) in [6.45, 7) is 5.55. The topological polar surface area (TPSA) is 0 Å². The molecule has 0 amide bonds. The van der Waals surface area contributed by atoms with Crippen LogP contribution in [0.3, 0.4) is 0 Å². The molecular formula is C7H11BrZn. The zero-order valence-electron chi connectivity index (χ0n) is 5.70. The molecule has 2 heteroatoms. The Bertz CT molecular complexity index is 73.0. The van der Waals surface area contributed by atoms with Gasteiger partial charge in [0.25, 0.3) is 0 Å². The molecule has 0 aromatic heterocycles. The first-order valence-electron chi connectivity index (χ1n) is 3.26. The number of halogens is 1. The van der Waals surface area contributed by atoms with Crippen LogP contribution in [0.4, 0.5) is 0 Å². The Morgan fingerprint density at radius 2 is 1.56 bits per heavy atom. The third-order valence-electron chi connectivity index (χ3n) is 1.50. The summed E-state index contributed by atoms with van der Waals surface area (Å²) in [6.07, 6.45) is 6.40. The van der Waals surface area contributed by atoms with Crippen molar-refractivity contribution in [2.45, 2.75) is 32.1 Å². The van der Waals surface area contributed by atoms with E-state index in [-0.39, 0.29) is 0 Å². The number of hydrogen-bond acceptors (Lipinski definition) is 0. The van der Waals surface area contributed by atoms with Crippen LogP contribution in [0.5, 0.6) is 0 Å². The summed E-state index contributed by atoms with van der Waals surface area (Å²) in [6, 6.07) is 0. The van der Waals surface area contributed by atoms with Gasteiger partial charge in [-0.25, -0.2) is 0 Å². The van der Waals surface area contributed by atoms with Gasteiger partial charge in [-0.1, -0.05) is 32.1 Å². The van der Waals surface area contributed by atoms with Crippen molar-refractivity contribution < 1.29 is 16.3 Å². The first kappa shape index (κ1) is 9.84. The van der Waals surface area contributed by atoms with Crippen molar-refractivity contribution in [2.75, 3.05) is 0 Å². The Kier molecular flexibility index (Phi) is 7.61. The van der Waals surface area contributed by atoms with E-state index in [4.69, 9.17) is 6.58 Å². The van der Waals surface area contributed by atoms with E-state index in [1.165, 1.54) is 54.0 Å². The number of hydrogen-bond donors (Lipinski definition) is 0. The molecule has 1 rings (SSSR count). The summed E-state index contributed by atoms with van der Waals surface area (Å²) in [4.78, 5) is 0. The summed E-state index contributed by atoms with van der Waals surface area (Å²) in [5.74, 6) is 0. The minimum atomic E-state index is 1.18. The van der Waals surface area contributed by atoms with Gasteiger partial charge in [0, 0.05) is 0 Å². The zero-order chi connectivity index (χ0) is 7.11. The monoisotopic (exact) mass is 238 g/mol. The predicted molar refractivity (Wildman–Crippen MR) is 39.8 cm³/mol. The van der Waals surface area contributed by atoms with Gasteiger partial charge in [0.15, 0.2) is 0 Å². The van der Waals surface area contributed by atoms with E-state index < -0.39 is 0 Å². The van der Waals surface area contributed by atoms with E-state index in [0.717, 1.165) is 0 Å². The maximum atomic E-state index is 5.55. The molecule has 1 aliphatic rings. The van der Waals surface area contributed by atoms with Gasteiger partial charge in [0.2, 0.25) is 0 Å². The fourth-order valence-electron chi connectivity index (χ4n) is 1.01. The second-order valence-electron chi connectivity index (χ2n) is 2.22. The van der Waals surface area contributed by atoms with Crippen molar-refractivity contribution in [2.24, 2.45) is 0 Å². The summed E-state index contributed by atoms with van der Waals surface area (Å²) in [7, 11) is 0. The van der Waals surface area contributed by atoms with E-state index in [0.29, 0.717) is 0 Å². The molecule has 0 aromatic carbocycles. The second kappa shape index (κ2) is 6.96. The molecule has 0 saturated heterocycles.